The van der Waals surface area contributed by atoms with E-state index in [2.05, 4.69) is 46.3 Å². The van der Waals surface area contributed by atoms with Crippen LogP contribution in [0.5, 0.6) is 5.75 Å². The van der Waals surface area contributed by atoms with Crippen LogP contribution in [-0.4, -0.2) is 56.7 Å². The minimum atomic E-state index is -0.145. The van der Waals surface area contributed by atoms with Crippen molar-refractivity contribution in [2.24, 2.45) is 5.92 Å². The lowest BCUT2D eigenvalue weighted by Crippen LogP contribution is -2.47. The number of hydrogen-bond donors (Lipinski definition) is 1. The molecule has 0 aliphatic carbocycles. The zero-order chi connectivity index (χ0) is 20.9. The minimum absolute atomic E-state index is 0.0740. The number of hydrogen-bond acceptors (Lipinski definition) is 4. The van der Waals surface area contributed by atoms with Gasteiger partial charge >= 0.3 is 0 Å². The molecule has 0 aromatic heterocycles. The smallest absolute Gasteiger partial charge is 0.226 e. The van der Waals surface area contributed by atoms with E-state index in [0.29, 0.717) is 24.6 Å². The molecule has 0 radical (unpaired) electrons. The predicted molar refractivity (Wildman–Crippen MR) is 122 cm³/mol. The topological polar surface area (TPSA) is 44.8 Å². The molecule has 2 aliphatic rings. The van der Waals surface area contributed by atoms with E-state index in [0.717, 1.165) is 50.5 Å². The number of fused-ring (bicyclic) bond motifs is 1. The lowest BCUT2D eigenvalue weighted by Gasteiger charge is -2.36. The molecule has 0 spiro atoms. The highest BCUT2D eigenvalue weighted by atomic mass is 35.5. The summed E-state index contributed by atoms with van der Waals surface area (Å²) in [7, 11) is 0. The Bertz CT molecular complexity index is 881. The first-order valence-corrected chi connectivity index (χ1v) is 11.2. The molecule has 1 saturated heterocycles. The Morgan fingerprint density at radius 3 is 2.80 bits per heavy atom. The van der Waals surface area contributed by atoms with Gasteiger partial charge in [0.25, 0.3) is 0 Å². The van der Waals surface area contributed by atoms with E-state index in [-0.39, 0.29) is 11.8 Å². The van der Waals surface area contributed by atoms with Crippen LogP contribution in [0.25, 0.3) is 0 Å². The van der Waals surface area contributed by atoms with Gasteiger partial charge in [-0.15, -0.1) is 0 Å². The second-order valence-corrected chi connectivity index (χ2v) is 8.71. The lowest BCUT2D eigenvalue weighted by molar-refractivity contribution is -0.126. The van der Waals surface area contributed by atoms with Crippen molar-refractivity contribution in [1.29, 1.82) is 0 Å². The summed E-state index contributed by atoms with van der Waals surface area (Å²) in [6, 6.07) is 14.3. The quantitative estimate of drug-likeness (QED) is 0.716. The Labute approximate surface area is 184 Å². The molecule has 6 heteroatoms. The van der Waals surface area contributed by atoms with Gasteiger partial charge in [0, 0.05) is 43.4 Å². The standard InChI is InChI=1S/C24H30ClN3O2/c1-18-4-2-5-22(14-18)28-12-10-27(11-13-28)9-3-8-26-24(29)20-15-19-16-21(25)6-7-23(19)30-17-20/h2,4-7,14,16,20H,3,8-13,15,17H2,1H3,(H,26,29). The molecule has 1 unspecified atom stereocenters. The van der Waals surface area contributed by atoms with E-state index in [1.165, 1.54) is 11.3 Å². The van der Waals surface area contributed by atoms with Crippen LogP contribution < -0.4 is 15.0 Å². The first-order valence-electron chi connectivity index (χ1n) is 10.8. The van der Waals surface area contributed by atoms with Gasteiger partial charge in [0.1, 0.15) is 12.4 Å². The summed E-state index contributed by atoms with van der Waals surface area (Å²) < 4.78 is 5.74. The molecule has 1 N–H and O–H groups in total. The van der Waals surface area contributed by atoms with Gasteiger partial charge in [-0.25, -0.2) is 0 Å². The van der Waals surface area contributed by atoms with Crippen molar-refractivity contribution in [2.45, 2.75) is 19.8 Å². The molecule has 2 aromatic carbocycles. The van der Waals surface area contributed by atoms with E-state index >= 15 is 0 Å². The van der Waals surface area contributed by atoms with Crippen LogP contribution >= 0.6 is 11.6 Å². The van der Waals surface area contributed by atoms with Crippen molar-refractivity contribution in [3.8, 4) is 5.75 Å². The molecule has 30 heavy (non-hydrogen) atoms. The number of ether oxygens (including phenoxy) is 1. The number of amides is 1. The molecule has 2 aliphatic heterocycles. The highest BCUT2D eigenvalue weighted by molar-refractivity contribution is 6.30. The molecule has 4 rings (SSSR count). The van der Waals surface area contributed by atoms with Crippen molar-refractivity contribution >= 4 is 23.2 Å². The third-order valence-electron chi connectivity index (χ3n) is 5.99. The molecule has 1 amide bonds. The summed E-state index contributed by atoms with van der Waals surface area (Å²) in [4.78, 5) is 17.5. The summed E-state index contributed by atoms with van der Waals surface area (Å²) in [6.07, 6.45) is 1.65. The van der Waals surface area contributed by atoms with Crippen LogP contribution in [0.4, 0.5) is 5.69 Å². The van der Waals surface area contributed by atoms with Gasteiger partial charge < -0.3 is 15.0 Å². The molecular formula is C24H30ClN3O2. The Morgan fingerprint density at radius 1 is 1.17 bits per heavy atom. The van der Waals surface area contributed by atoms with Gasteiger partial charge in [-0.05, 0) is 67.8 Å². The van der Waals surface area contributed by atoms with Crippen LogP contribution in [0.2, 0.25) is 5.02 Å². The lowest BCUT2D eigenvalue weighted by atomic mass is 9.96. The minimum Gasteiger partial charge on any atom is -0.492 e. The van der Waals surface area contributed by atoms with Crippen LogP contribution in [0.15, 0.2) is 42.5 Å². The van der Waals surface area contributed by atoms with Gasteiger partial charge in [-0.2, -0.15) is 0 Å². The Hall–Kier alpha value is -2.24. The summed E-state index contributed by atoms with van der Waals surface area (Å²) in [5, 5.41) is 3.77. The van der Waals surface area contributed by atoms with E-state index in [1.807, 2.05) is 18.2 Å². The number of halogens is 1. The second-order valence-electron chi connectivity index (χ2n) is 8.28. The second kappa shape index (κ2) is 9.71. The molecular weight excluding hydrogens is 398 g/mol. The van der Waals surface area contributed by atoms with Crippen LogP contribution in [0, 0.1) is 12.8 Å². The molecule has 0 saturated carbocycles. The normalized spacial score (nSPS) is 19.1. The number of carbonyl (C=O) groups excluding carboxylic acids is 1. The summed E-state index contributed by atoms with van der Waals surface area (Å²) in [5.74, 6) is 0.770. The Morgan fingerprint density at radius 2 is 2.00 bits per heavy atom. The predicted octanol–water partition coefficient (Wildman–Crippen LogP) is 3.53. The van der Waals surface area contributed by atoms with E-state index < -0.39 is 0 Å². The van der Waals surface area contributed by atoms with Crippen molar-refractivity contribution in [3.63, 3.8) is 0 Å². The van der Waals surface area contributed by atoms with Crippen molar-refractivity contribution < 1.29 is 9.53 Å². The number of piperazine rings is 1. The summed E-state index contributed by atoms with van der Waals surface area (Å²) in [5.41, 5.74) is 3.64. The molecule has 160 valence electrons. The molecule has 0 bridgehead atoms. The maximum absolute atomic E-state index is 12.5. The molecule has 1 fully saturated rings. The summed E-state index contributed by atoms with van der Waals surface area (Å²) in [6.45, 7) is 8.53. The van der Waals surface area contributed by atoms with Gasteiger partial charge in [-0.1, -0.05) is 23.7 Å². The van der Waals surface area contributed by atoms with Gasteiger partial charge in [-0.3, -0.25) is 9.69 Å². The maximum atomic E-state index is 12.5. The zero-order valence-electron chi connectivity index (χ0n) is 17.6. The molecule has 1 atom stereocenters. The average molecular weight is 428 g/mol. The molecule has 2 heterocycles. The summed E-state index contributed by atoms with van der Waals surface area (Å²) >= 11 is 6.07. The SMILES string of the molecule is Cc1cccc(N2CCN(CCCNC(=O)C3COc4ccc(Cl)cc4C3)CC2)c1. The monoisotopic (exact) mass is 427 g/mol. The van der Waals surface area contributed by atoms with Gasteiger partial charge in [0.05, 0.1) is 5.92 Å². The highest BCUT2D eigenvalue weighted by Gasteiger charge is 2.26. The number of nitrogens with one attached hydrogen (secondary N) is 1. The van der Waals surface area contributed by atoms with Crippen LogP contribution in [0.3, 0.4) is 0 Å². The molecule has 5 nitrogen and oxygen atoms in total. The Kier molecular flexibility index (Phi) is 6.80. The third-order valence-corrected chi connectivity index (χ3v) is 6.22. The van der Waals surface area contributed by atoms with Crippen molar-refractivity contribution in [1.82, 2.24) is 10.2 Å². The zero-order valence-corrected chi connectivity index (χ0v) is 18.3. The van der Waals surface area contributed by atoms with Crippen LogP contribution in [-0.2, 0) is 11.2 Å². The van der Waals surface area contributed by atoms with E-state index in [9.17, 15) is 4.79 Å². The number of aryl methyl sites for hydroxylation is 1. The fourth-order valence-corrected chi connectivity index (χ4v) is 4.44. The number of nitrogens with zero attached hydrogens (tertiary/aromatic N) is 2. The van der Waals surface area contributed by atoms with Crippen molar-refractivity contribution in [3.05, 3.63) is 58.6 Å². The average Bonchev–Trinajstić information content (AvgIpc) is 2.76. The fraction of sp³-hybridized carbons (Fsp3) is 0.458. The highest BCUT2D eigenvalue weighted by Crippen LogP contribution is 2.29. The van der Waals surface area contributed by atoms with Gasteiger partial charge in [0.15, 0.2) is 0 Å². The van der Waals surface area contributed by atoms with Gasteiger partial charge in [0.2, 0.25) is 5.91 Å². The van der Waals surface area contributed by atoms with E-state index in [4.69, 9.17) is 16.3 Å². The largest absolute Gasteiger partial charge is 0.492 e. The maximum Gasteiger partial charge on any atom is 0.226 e. The van der Waals surface area contributed by atoms with Crippen molar-refractivity contribution in [2.75, 3.05) is 50.8 Å². The fourth-order valence-electron chi connectivity index (χ4n) is 4.24. The first-order chi connectivity index (χ1) is 14.6. The molecule has 2 aromatic rings. The van der Waals surface area contributed by atoms with E-state index in [1.54, 1.807) is 0 Å². The number of carbonyl (C=O) groups is 1. The Balaban J connectivity index is 1.15. The first kappa shape index (κ1) is 21.0. The number of rotatable bonds is 6. The third kappa shape index (κ3) is 5.27. The number of anilines is 1. The number of benzene rings is 2. The van der Waals surface area contributed by atoms with Crippen LogP contribution in [0.1, 0.15) is 17.5 Å².